The van der Waals surface area contributed by atoms with Crippen LogP contribution in [-0.2, 0) is 4.74 Å². The molecule has 0 aliphatic carbocycles. The molecule has 1 unspecified atom stereocenters. The molecular weight excluding hydrogens is 223 g/mol. The monoisotopic (exact) mass is 234 g/mol. The predicted octanol–water partition coefficient (Wildman–Crippen LogP) is 2.35. The van der Waals surface area contributed by atoms with Gasteiger partial charge in [0.15, 0.2) is 5.43 Å². The molecule has 1 heterocycles. The molecular formula is C11H11N2O2P. The van der Waals surface area contributed by atoms with Gasteiger partial charge in [-0.2, -0.15) is 0 Å². The van der Waals surface area contributed by atoms with Crippen LogP contribution in [0.15, 0.2) is 30.3 Å². The molecule has 0 saturated heterocycles. The summed E-state index contributed by atoms with van der Waals surface area (Å²) in [5.41, 5.74) is 2.24. The second-order valence-electron chi connectivity index (χ2n) is 3.11. The van der Waals surface area contributed by atoms with Crippen molar-refractivity contribution in [1.82, 2.24) is 10.2 Å². The molecule has 1 aromatic heterocycles. The lowest BCUT2D eigenvalue weighted by Gasteiger charge is -1.95. The van der Waals surface area contributed by atoms with Gasteiger partial charge in [-0.25, -0.2) is 4.79 Å². The average molecular weight is 234 g/mol. The van der Waals surface area contributed by atoms with Crippen molar-refractivity contribution >= 4 is 14.2 Å². The van der Waals surface area contributed by atoms with Crippen molar-refractivity contribution in [2.24, 2.45) is 0 Å². The van der Waals surface area contributed by atoms with E-state index in [-0.39, 0.29) is 14.2 Å². The molecule has 0 amide bonds. The predicted molar refractivity (Wildman–Crippen MR) is 62.9 cm³/mol. The van der Waals surface area contributed by atoms with Gasteiger partial charge in [0.1, 0.15) is 5.43 Å². The molecule has 0 fully saturated rings. The van der Waals surface area contributed by atoms with E-state index in [1.165, 1.54) is 0 Å². The summed E-state index contributed by atoms with van der Waals surface area (Å²) >= 11 is 0. The van der Waals surface area contributed by atoms with Crippen molar-refractivity contribution in [1.29, 1.82) is 0 Å². The fraction of sp³-hybridized carbons (Fsp3) is 0.182. The Bertz CT molecular complexity index is 482. The van der Waals surface area contributed by atoms with E-state index < -0.39 is 0 Å². The molecule has 0 N–H and O–H groups in total. The van der Waals surface area contributed by atoms with E-state index in [4.69, 9.17) is 4.74 Å². The van der Waals surface area contributed by atoms with Crippen molar-refractivity contribution in [3.63, 3.8) is 0 Å². The molecule has 16 heavy (non-hydrogen) atoms. The first kappa shape index (κ1) is 10.8. The number of carbonyl (C=O) groups excluding carboxylic acids is 1. The van der Waals surface area contributed by atoms with Crippen LogP contribution in [0.25, 0.3) is 11.0 Å². The van der Waals surface area contributed by atoms with Crippen molar-refractivity contribution in [3.05, 3.63) is 35.8 Å². The van der Waals surface area contributed by atoms with Gasteiger partial charge in [0, 0.05) is 5.56 Å². The number of esters is 1. The molecule has 0 aliphatic rings. The number of ether oxygens (including phenoxy) is 1. The normalized spacial score (nSPS) is 10.6. The van der Waals surface area contributed by atoms with Crippen LogP contribution in [0.5, 0.6) is 0 Å². The first-order valence-corrected chi connectivity index (χ1v) is 5.96. The molecule has 4 nitrogen and oxygen atoms in total. The second kappa shape index (κ2) is 4.90. The zero-order chi connectivity index (χ0) is 11.4. The number of rotatable bonds is 3. The standard InChI is InChI=1S/C11H11N2O2P/c1-2-15-11(14)10-13-12-9(16-10)8-6-4-3-5-7-8/h3-7,16H,2H2,1H3. The summed E-state index contributed by atoms with van der Waals surface area (Å²) in [6.07, 6.45) is 0. The summed E-state index contributed by atoms with van der Waals surface area (Å²) in [4.78, 5) is 11.4. The van der Waals surface area contributed by atoms with Gasteiger partial charge >= 0.3 is 5.97 Å². The third-order valence-electron chi connectivity index (χ3n) is 2.00. The van der Waals surface area contributed by atoms with Gasteiger partial charge in [0.05, 0.1) is 6.61 Å². The van der Waals surface area contributed by atoms with Crippen LogP contribution in [0.1, 0.15) is 17.1 Å². The number of hydrogen-bond acceptors (Lipinski definition) is 4. The molecule has 0 spiro atoms. The number of benzene rings is 1. The van der Waals surface area contributed by atoms with E-state index >= 15 is 0 Å². The quantitative estimate of drug-likeness (QED) is 0.765. The smallest absolute Gasteiger partial charge is 0.362 e. The van der Waals surface area contributed by atoms with Crippen molar-refractivity contribution in [3.8, 4) is 11.0 Å². The summed E-state index contributed by atoms with van der Waals surface area (Å²) in [6.45, 7) is 2.14. The molecule has 0 radical (unpaired) electrons. The summed E-state index contributed by atoms with van der Waals surface area (Å²) in [7, 11) is 0.184. The zero-order valence-corrected chi connectivity index (χ0v) is 9.80. The van der Waals surface area contributed by atoms with Gasteiger partial charge in [-0.3, -0.25) is 0 Å². The van der Waals surface area contributed by atoms with E-state index in [0.717, 1.165) is 11.0 Å². The van der Waals surface area contributed by atoms with Crippen molar-refractivity contribution < 1.29 is 9.53 Å². The summed E-state index contributed by atoms with van der Waals surface area (Å²) < 4.78 is 4.87. The number of carbonyl (C=O) groups is 1. The van der Waals surface area contributed by atoms with Crippen molar-refractivity contribution in [2.75, 3.05) is 6.61 Å². The molecule has 82 valence electrons. The van der Waals surface area contributed by atoms with Crippen LogP contribution in [-0.4, -0.2) is 22.8 Å². The SMILES string of the molecule is CCOC(=O)c1nnc(-c2ccccc2)[pH]1. The molecule has 1 atom stereocenters. The maximum absolute atomic E-state index is 11.4. The third-order valence-corrected chi connectivity index (χ3v) is 3.17. The fourth-order valence-electron chi connectivity index (χ4n) is 1.28. The Balaban J connectivity index is 2.23. The molecule has 0 bridgehead atoms. The van der Waals surface area contributed by atoms with Gasteiger partial charge in [0.2, 0.25) is 0 Å². The lowest BCUT2D eigenvalue weighted by Crippen LogP contribution is -2.03. The first-order chi connectivity index (χ1) is 7.81. The fourth-order valence-corrected chi connectivity index (χ4v) is 2.19. The number of nitrogens with zero attached hydrogens (tertiary/aromatic N) is 2. The third kappa shape index (κ3) is 2.28. The Morgan fingerprint density at radius 2 is 2.06 bits per heavy atom. The molecule has 0 saturated carbocycles. The minimum atomic E-state index is -0.365. The molecule has 5 heteroatoms. The van der Waals surface area contributed by atoms with Gasteiger partial charge in [-0.15, -0.1) is 10.2 Å². The highest BCUT2D eigenvalue weighted by Gasteiger charge is 2.12. The summed E-state index contributed by atoms with van der Waals surface area (Å²) in [5.74, 6) is -0.365. The molecule has 2 rings (SSSR count). The van der Waals surface area contributed by atoms with Crippen LogP contribution < -0.4 is 0 Å². The van der Waals surface area contributed by atoms with Crippen molar-refractivity contribution in [2.45, 2.75) is 6.92 Å². The summed E-state index contributed by atoms with van der Waals surface area (Å²) in [5, 5.41) is 7.86. The first-order valence-electron chi connectivity index (χ1n) is 4.96. The van der Waals surface area contributed by atoms with Crippen LogP contribution in [0, 0.1) is 0 Å². The number of hydrogen-bond donors (Lipinski definition) is 0. The van der Waals surface area contributed by atoms with E-state index in [1.807, 2.05) is 30.3 Å². The largest absolute Gasteiger partial charge is 0.461 e. The second-order valence-corrected chi connectivity index (χ2v) is 4.31. The Morgan fingerprint density at radius 1 is 1.31 bits per heavy atom. The van der Waals surface area contributed by atoms with E-state index in [2.05, 4.69) is 10.2 Å². The van der Waals surface area contributed by atoms with E-state index in [9.17, 15) is 4.79 Å². The highest BCUT2D eigenvalue weighted by atomic mass is 31.0. The van der Waals surface area contributed by atoms with Gasteiger partial charge in [-0.05, 0) is 6.92 Å². The minimum Gasteiger partial charge on any atom is -0.461 e. The van der Waals surface area contributed by atoms with Crippen LogP contribution in [0.3, 0.4) is 0 Å². The Morgan fingerprint density at radius 3 is 2.75 bits per heavy atom. The molecule has 0 aliphatic heterocycles. The number of aromatic nitrogens is 2. The highest BCUT2D eigenvalue weighted by molar-refractivity contribution is 7.35. The highest BCUT2D eigenvalue weighted by Crippen LogP contribution is 2.27. The van der Waals surface area contributed by atoms with Gasteiger partial charge < -0.3 is 4.74 Å². The van der Waals surface area contributed by atoms with E-state index in [1.54, 1.807) is 6.92 Å². The van der Waals surface area contributed by atoms with Gasteiger partial charge in [-0.1, -0.05) is 38.5 Å². The Hall–Kier alpha value is -1.67. The maximum atomic E-state index is 11.4. The maximum Gasteiger partial charge on any atom is 0.362 e. The average Bonchev–Trinajstić information content (AvgIpc) is 2.80. The summed E-state index contributed by atoms with van der Waals surface area (Å²) in [6, 6.07) is 9.72. The Labute approximate surface area is 94.8 Å². The molecule has 2 aromatic rings. The van der Waals surface area contributed by atoms with Crippen LogP contribution in [0.4, 0.5) is 0 Å². The molecule has 1 aromatic carbocycles. The van der Waals surface area contributed by atoms with Crippen LogP contribution >= 0.6 is 8.19 Å². The Kier molecular flexibility index (Phi) is 3.32. The van der Waals surface area contributed by atoms with Gasteiger partial charge in [0.25, 0.3) is 0 Å². The van der Waals surface area contributed by atoms with Crippen LogP contribution in [0.2, 0.25) is 0 Å². The topological polar surface area (TPSA) is 52.1 Å². The lowest BCUT2D eigenvalue weighted by molar-refractivity contribution is 0.0525. The minimum absolute atomic E-state index is 0.184. The van der Waals surface area contributed by atoms with E-state index in [0.29, 0.717) is 12.0 Å². The zero-order valence-electron chi connectivity index (χ0n) is 8.80. The lowest BCUT2D eigenvalue weighted by atomic mass is 10.2.